The van der Waals surface area contributed by atoms with Crippen molar-refractivity contribution in [3.8, 4) is 23.9 Å². The van der Waals surface area contributed by atoms with Gasteiger partial charge in [-0.25, -0.2) is 0 Å². The van der Waals surface area contributed by atoms with Crippen molar-refractivity contribution in [3.63, 3.8) is 0 Å². The molecule has 0 aliphatic rings. The molecule has 0 saturated heterocycles. The van der Waals surface area contributed by atoms with Gasteiger partial charge in [-0.2, -0.15) is 0 Å². The number of nitrogens with one attached hydrogen (secondary N) is 1. The molecule has 0 radical (unpaired) electrons. The van der Waals surface area contributed by atoms with Crippen LogP contribution in [0.5, 0.6) is 0 Å². The fourth-order valence-electron chi connectivity index (χ4n) is 1.26. The van der Waals surface area contributed by atoms with E-state index in [1.54, 1.807) is 12.1 Å². The first-order valence-electron chi connectivity index (χ1n) is 5.03. The van der Waals surface area contributed by atoms with Crippen LogP contribution in [0.3, 0.4) is 0 Å². The maximum atomic E-state index is 11.6. The summed E-state index contributed by atoms with van der Waals surface area (Å²) in [5.74, 6) is 3.05. The quantitative estimate of drug-likeness (QED) is 0.641. The van der Waals surface area contributed by atoms with Crippen LogP contribution in [0.2, 0.25) is 0 Å². The standard InChI is InChI=1S/C12H10N2O3/c1-2-3-6-13-12(15)9-8-11(17-14-9)10-5-4-7-16-10/h1,4-5,7-8H,3,6H2,(H,13,15). The highest BCUT2D eigenvalue weighted by molar-refractivity contribution is 5.92. The van der Waals surface area contributed by atoms with Crippen LogP contribution in [-0.2, 0) is 0 Å². The van der Waals surface area contributed by atoms with Crippen LogP contribution in [0.4, 0.5) is 0 Å². The molecule has 5 nitrogen and oxygen atoms in total. The summed E-state index contributed by atoms with van der Waals surface area (Å²) in [5.41, 5.74) is 0.202. The molecule has 0 aliphatic heterocycles. The van der Waals surface area contributed by atoms with E-state index in [1.807, 2.05) is 0 Å². The first kappa shape index (κ1) is 11.0. The Kier molecular flexibility index (Phi) is 3.26. The van der Waals surface area contributed by atoms with Gasteiger partial charge in [0.05, 0.1) is 6.26 Å². The monoisotopic (exact) mass is 230 g/mol. The van der Waals surface area contributed by atoms with Gasteiger partial charge in [-0.3, -0.25) is 4.79 Å². The molecule has 86 valence electrons. The van der Waals surface area contributed by atoms with Gasteiger partial charge in [-0.05, 0) is 12.1 Å². The van der Waals surface area contributed by atoms with Crippen LogP contribution in [0, 0.1) is 12.3 Å². The maximum absolute atomic E-state index is 11.6. The topological polar surface area (TPSA) is 68.3 Å². The van der Waals surface area contributed by atoms with E-state index >= 15 is 0 Å². The Balaban J connectivity index is 2.04. The molecule has 0 unspecified atom stereocenters. The molecule has 2 heterocycles. The second-order valence-corrected chi connectivity index (χ2v) is 3.26. The number of carbonyl (C=O) groups is 1. The molecule has 2 rings (SSSR count). The van der Waals surface area contributed by atoms with Gasteiger partial charge in [0.15, 0.2) is 11.5 Å². The Morgan fingerprint density at radius 2 is 2.41 bits per heavy atom. The maximum Gasteiger partial charge on any atom is 0.273 e. The lowest BCUT2D eigenvalue weighted by Crippen LogP contribution is -2.24. The van der Waals surface area contributed by atoms with Crippen molar-refractivity contribution >= 4 is 5.91 Å². The van der Waals surface area contributed by atoms with E-state index in [0.29, 0.717) is 24.5 Å². The predicted octanol–water partition coefficient (Wildman–Crippen LogP) is 1.69. The number of furan rings is 1. The number of carbonyl (C=O) groups excluding carboxylic acids is 1. The Morgan fingerprint density at radius 3 is 3.12 bits per heavy atom. The molecule has 0 bridgehead atoms. The van der Waals surface area contributed by atoms with Crippen molar-refractivity contribution in [1.82, 2.24) is 10.5 Å². The van der Waals surface area contributed by atoms with Gasteiger partial charge in [0.2, 0.25) is 5.76 Å². The third-order valence-corrected chi connectivity index (χ3v) is 2.06. The molecule has 1 N–H and O–H groups in total. The zero-order valence-electron chi connectivity index (χ0n) is 8.97. The summed E-state index contributed by atoms with van der Waals surface area (Å²) in [6.45, 7) is 0.415. The highest BCUT2D eigenvalue weighted by Gasteiger charge is 2.14. The second-order valence-electron chi connectivity index (χ2n) is 3.26. The van der Waals surface area contributed by atoms with Crippen LogP contribution in [0.15, 0.2) is 33.4 Å². The molecular formula is C12H10N2O3. The SMILES string of the molecule is C#CCCNC(=O)c1cc(-c2ccco2)on1. The van der Waals surface area contributed by atoms with Crippen molar-refractivity contribution in [3.05, 3.63) is 30.2 Å². The number of amides is 1. The third kappa shape index (κ3) is 2.55. The number of terminal acetylenes is 1. The first-order valence-corrected chi connectivity index (χ1v) is 5.03. The van der Waals surface area contributed by atoms with Gasteiger partial charge in [0.1, 0.15) is 0 Å². The van der Waals surface area contributed by atoms with Gasteiger partial charge in [-0.15, -0.1) is 12.3 Å². The molecule has 0 aromatic carbocycles. The predicted molar refractivity (Wildman–Crippen MR) is 60.0 cm³/mol. The van der Waals surface area contributed by atoms with Crippen molar-refractivity contribution in [2.45, 2.75) is 6.42 Å². The first-order chi connectivity index (χ1) is 8.31. The Labute approximate surface area is 97.8 Å². The fourth-order valence-corrected chi connectivity index (χ4v) is 1.26. The van der Waals surface area contributed by atoms with E-state index in [1.165, 1.54) is 12.3 Å². The molecule has 2 aromatic rings. The number of aromatic nitrogens is 1. The van der Waals surface area contributed by atoms with Crippen molar-refractivity contribution in [2.24, 2.45) is 0 Å². The van der Waals surface area contributed by atoms with E-state index in [2.05, 4.69) is 16.4 Å². The van der Waals surface area contributed by atoms with Gasteiger partial charge < -0.3 is 14.3 Å². The summed E-state index contributed by atoms with van der Waals surface area (Å²) in [6, 6.07) is 4.97. The fraction of sp³-hybridized carbons (Fsp3) is 0.167. The minimum Gasteiger partial charge on any atom is -0.461 e. The van der Waals surface area contributed by atoms with E-state index in [0.717, 1.165) is 0 Å². The highest BCUT2D eigenvalue weighted by atomic mass is 16.5. The van der Waals surface area contributed by atoms with Crippen molar-refractivity contribution in [2.75, 3.05) is 6.54 Å². The van der Waals surface area contributed by atoms with Crippen LogP contribution >= 0.6 is 0 Å². The van der Waals surface area contributed by atoms with Crippen molar-refractivity contribution < 1.29 is 13.7 Å². The lowest BCUT2D eigenvalue weighted by Gasteiger charge is -1.97. The molecule has 0 aliphatic carbocycles. The Hall–Kier alpha value is -2.48. The lowest BCUT2D eigenvalue weighted by molar-refractivity contribution is 0.0945. The average molecular weight is 230 g/mol. The smallest absolute Gasteiger partial charge is 0.273 e. The average Bonchev–Trinajstić information content (AvgIpc) is 3.00. The summed E-state index contributed by atoms with van der Waals surface area (Å²) in [5, 5.41) is 6.28. The summed E-state index contributed by atoms with van der Waals surface area (Å²) in [7, 11) is 0. The number of hydrogen-bond donors (Lipinski definition) is 1. The minimum atomic E-state index is -0.318. The van der Waals surface area contributed by atoms with E-state index in [4.69, 9.17) is 15.4 Å². The second kappa shape index (κ2) is 5.03. The summed E-state index contributed by atoms with van der Waals surface area (Å²) in [6.07, 6.45) is 7.07. The number of nitrogens with zero attached hydrogens (tertiary/aromatic N) is 1. The van der Waals surface area contributed by atoms with E-state index < -0.39 is 0 Å². The van der Waals surface area contributed by atoms with Crippen LogP contribution in [0.25, 0.3) is 11.5 Å². The van der Waals surface area contributed by atoms with Gasteiger partial charge in [0.25, 0.3) is 5.91 Å². The summed E-state index contributed by atoms with van der Waals surface area (Å²) in [4.78, 5) is 11.6. The molecule has 0 saturated carbocycles. The number of rotatable bonds is 4. The highest BCUT2D eigenvalue weighted by Crippen LogP contribution is 2.20. The third-order valence-electron chi connectivity index (χ3n) is 2.06. The molecular weight excluding hydrogens is 220 g/mol. The minimum absolute atomic E-state index is 0.202. The zero-order valence-corrected chi connectivity index (χ0v) is 8.97. The molecule has 5 heteroatoms. The molecule has 17 heavy (non-hydrogen) atoms. The molecule has 0 fully saturated rings. The molecule has 0 atom stereocenters. The Morgan fingerprint density at radius 1 is 1.53 bits per heavy atom. The molecule has 1 amide bonds. The molecule has 2 aromatic heterocycles. The van der Waals surface area contributed by atoms with Gasteiger partial charge in [-0.1, -0.05) is 5.16 Å². The largest absolute Gasteiger partial charge is 0.461 e. The normalized spacial score (nSPS) is 9.82. The van der Waals surface area contributed by atoms with E-state index in [-0.39, 0.29) is 11.6 Å². The molecule has 0 spiro atoms. The van der Waals surface area contributed by atoms with Gasteiger partial charge in [0, 0.05) is 19.0 Å². The van der Waals surface area contributed by atoms with Crippen LogP contribution in [-0.4, -0.2) is 17.6 Å². The van der Waals surface area contributed by atoms with Gasteiger partial charge >= 0.3 is 0 Å². The van der Waals surface area contributed by atoms with Crippen LogP contribution < -0.4 is 5.32 Å². The zero-order chi connectivity index (χ0) is 12.1. The summed E-state index contributed by atoms with van der Waals surface area (Å²) >= 11 is 0. The number of hydrogen-bond acceptors (Lipinski definition) is 4. The van der Waals surface area contributed by atoms with Crippen molar-refractivity contribution in [1.29, 1.82) is 0 Å². The Bertz CT molecular complexity index is 534. The van der Waals surface area contributed by atoms with Crippen LogP contribution in [0.1, 0.15) is 16.9 Å². The summed E-state index contributed by atoms with van der Waals surface area (Å²) < 4.78 is 10.1. The lowest BCUT2D eigenvalue weighted by atomic mass is 10.3. The van der Waals surface area contributed by atoms with E-state index in [9.17, 15) is 4.79 Å².